The van der Waals surface area contributed by atoms with Gasteiger partial charge in [-0.15, -0.1) is 6.42 Å². The number of hydrogen-bond donors (Lipinski definition) is 1. The fraction of sp³-hybridized carbons (Fsp3) is 0.182. The molecule has 9 heteroatoms. The van der Waals surface area contributed by atoms with Gasteiger partial charge in [0.2, 0.25) is 0 Å². The minimum Gasteiger partial charge on any atom is -0.423 e. The second-order valence-corrected chi connectivity index (χ2v) is 4.07. The van der Waals surface area contributed by atoms with Crippen LogP contribution in [0.1, 0.15) is 0 Å². The van der Waals surface area contributed by atoms with Crippen molar-refractivity contribution in [1.82, 2.24) is 0 Å². The summed E-state index contributed by atoms with van der Waals surface area (Å²) in [6, 6.07) is 1.47. The summed E-state index contributed by atoms with van der Waals surface area (Å²) >= 11 is 0. The van der Waals surface area contributed by atoms with Gasteiger partial charge in [-0.05, 0) is 6.07 Å². The topological polar surface area (TPSA) is 55.6 Å². The quantitative estimate of drug-likeness (QED) is 0.457. The van der Waals surface area contributed by atoms with Crippen LogP contribution in [0.15, 0.2) is 12.1 Å². The molecule has 0 unspecified atom stereocenters. The maximum atomic E-state index is 13.5. The van der Waals surface area contributed by atoms with Crippen LogP contribution >= 0.6 is 0 Å². The number of alkyl halides is 2. The lowest BCUT2D eigenvalue weighted by Gasteiger charge is -2.41. The van der Waals surface area contributed by atoms with Crippen molar-refractivity contribution < 1.29 is 22.7 Å². The third kappa shape index (κ3) is 1.97. The predicted octanol–water partition coefficient (Wildman–Crippen LogP) is 0.350. The van der Waals surface area contributed by atoms with E-state index in [2.05, 4.69) is 4.74 Å². The molecule has 0 atom stereocenters. The summed E-state index contributed by atoms with van der Waals surface area (Å²) in [6.45, 7) is 0. The van der Waals surface area contributed by atoms with Crippen LogP contribution in [0, 0.1) is 18.2 Å². The van der Waals surface area contributed by atoms with Gasteiger partial charge in [-0.25, -0.2) is 4.39 Å². The number of rotatable bonds is 1. The Kier molecular flexibility index (Phi) is 2.93. The molecule has 1 aliphatic heterocycles. The highest BCUT2D eigenvalue weighted by atomic mass is 19.3. The van der Waals surface area contributed by atoms with Crippen molar-refractivity contribution in [3.8, 4) is 18.1 Å². The molecule has 0 saturated carbocycles. The number of benzene rings is 1. The first-order valence-electron chi connectivity index (χ1n) is 5.16. The van der Waals surface area contributed by atoms with Crippen molar-refractivity contribution in [3.63, 3.8) is 0 Å². The largest absolute Gasteiger partial charge is 0.482 e. The summed E-state index contributed by atoms with van der Waals surface area (Å²) in [5.41, 5.74) is 4.56. The number of nitrogens with two attached hydrogens (primary N) is 1. The van der Waals surface area contributed by atoms with E-state index in [4.69, 9.17) is 27.8 Å². The second kappa shape index (κ2) is 4.13. The number of anilines is 2. The van der Waals surface area contributed by atoms with Crippen LogP contribution < -0.4 is 15.4 Å². The van der Waals surface area contributed by atoms with Crippen molar-refractivity contribution >= 4 is 33.0 Å². The van der Waals surface area contributed by atoms with Gasteiger partial charge in [0.1, 0.15) is 21.5 Å². The van der Waals surface area contributed by atoms with E-state index in [0.29, 0.717) is 6.07 Å². The Morgan fingerprint density at radius 2 is 2.05 bits per heavy atom. The SMILES string of the molecule is [B]C([B])(C#C)N1C(=O)C(F)(F)Oc2cc(F)c(N)cc21. The van der Waals surface area contributed by atoms with Crippen molar-refractivity contribution in [2.75, 3.05) is 10.6 Å². The normalized spacial score (nSPS) is 17.1. The Bertz CT molecular complexity index is 643. The number of ether oxygens (including phenoxy) is 1. The van der Waals surface area contributed by atoms with Crippen LogP contribution in [0.2, 0.25) is 0 Å². The lowest BCUT2D eigenvalue weighted by molar-refractivity contribution is -0.193. The molecule has 2 rings (SSSR count). The van der Waals surface area contributed by atoms with E-state index < -0.39 is 34.6 Å². The Balaban J connectivity index is 2.72. The third-order valence-electron chi connectivity index (χ3n) is 2.61. The standard InChI is InChI=1S/C11H5B2F3N2O2/c1-2-10(12,13)18-7-4-6(17)5(14)3-8(7)20-11(15,16)9(18)19/h1,3-4H,17H2. The average molecular weight is 276 g/mol. The first-order valence-corrected chi connectivity index (χ1v) is 5.16. The molecule has 0 aromatic heterocycles. The summed E-state index contributed by atoms with van der Waals surface area (Å²) in [7, 11) is 10.9. The second-order valence-electron chi connectivity index (χ2n) is 4.07. The molecule has 0 bridgehead atoms. The first kappa shape index (κ1) is 14.2. The number of hydrogen-bond acceptors (Lipinski definition) is 3. The number of carbonyl (C=O) groups is 1. The molecular formula is C11H5B2F3N2O2. The van der Waals surface area contributed by atoms with E-state index >= 15 is 0 Å². The van der Waals surface area contributed by atoms with E-state index in [9.17, 15) is 18.0 Å². The summed E-state index contributed by atoms with van der Waals surface area (Å²) in [4.78, 5) is 11.9. The van der Waals surface area contributed by atoms with E-state index in [0.717, 1.165) is 6.07 Å². The number of amides is 1. The molecular weight excluding hydrogens is 271 g/mol. The molecule has 0 aliphatic carbocycles. The smallest absolute Gasteiger partial charge is 0.423 e. The maximum absolute atomic E-state index is 13.5. The summed E-state index contributed by atoms with van der Waals surface area (Å²) < 4.78 is 44.4. The van der Waals surface area contributed by atoms with Gasteiger partial charge in [0.05, 0.1) is 11.4 Å². The van der Waals surface area contributed by atoms with Crippen LogP contribution in [-0.2, 0) is 4.79 Å². The van der Waals surface area contributed by atoms with E-state index in [1.54, 1.807) is 5.92 Å². The molecule has 2 N–H and O–H groups in total. The molecule has 1 heterocycles. The molecule has 20 heavy (non-hydrogen) atoms. The molecule has 98 valence electrons. The lowest BCUT2D eigenvalue weighted by Crippen LogP contribution is -2.61. The molecule has 4 radical (unpaired) electrons. The summed E-state index contributed by atoms with van der Waals surface area (Å²) in [6.07, 6.45) is 0.747. The minimum absolute atomic E-state index is 0.238. The van der Waals surface area contributed by atoms with E-state index in [1.165, 1.54) is 0 Å². The zero-order chi connectivity index (χ0) is 15.3. The van der Waals surface area contributed by atoms with E-state index in [1.807, 2.05) is 0 Å². The van der Waals surface area contributed by atoms with Gasteiger partial charge in [-0.3, -0.25) is 4.79 Å². The van der Waals surface area contributed by atoms with Gasteiger partial charge in [0.15, 0.2) is 5.75 Å². The molecule has 1 aromatic rings. The lowest BCUT2D eigenvalue weighted by atomic mass is 9.61. The number of terminal acetylenes is 1. The van der Waals surface area contributed by atoms with Crippen LogP contribution in [-0.4, -0.2) is 33.0 Å². The molecule has 1 amide bonds. The molecule has 4 nitrogen and oxygen atoms in total. The third-order valence-corrected chi connectivity index (χ3v) is 2.61. The van der Waals surface area contributed by atoms with Gasteiger partial charge >= 0.3 is 12.0 Å². The monoisotopic (exact) mass is 276 g/mol. The van der Waals surface area contributed by atoms with E-state index in [-0.39, 0.29) is 10.6 Å². The molecule has 1 aliphatic rings. The Labute approximate surface area is 114 Å². The summed E-state index contributed by atoms with van der Waals surface area (Å²) in [5, 5.41) is -2.36. The summed E-state index contributed by atoms with van der Waals surface area (Å²) in [5.74, 6) is -1.75. The van der Waals surface area contributed by atoms with Gasteiger partial charge < -0.3 is 15.4 Å². The molecule has 0 fully saturated rings. The highest BCUT2D eigenvalue weighted by molar-refractivity contribution is 6.46. The van der Waals surface area contributed by atoms with Gasteiger partial charge in [-0.2, -0.15) is 8.78 Å². The molecule has 0 spiro atoms. The van der Waals surface area contributed by atoms with Crippen LogP contribution in [0.25, 0.3) is 0 Å². The zero-order valence-electron chi connectivity index (χ0n) is 9.86. The highest BCUT2D eigenvalue weighted by Gasteiger charge is 2.53. The Morgan fingerprint density at radius 3 is 2.60 bits per heavy atom. The van der Waals surface area contributed by atoms with Gasteiger partial charge in [0, 0.05) is 11.4 Å². The maximum Gasteiger partial charge on any atom is 0.482 e. The predicted molar refractivity (Wildman–Crippen MR) is 66.9 cm³/mol. The number of carbonyl (C=O) groups excluding carboxylic acids is 1. The molecule has 1 aromatic carbocycles. The number of halogens is 3. The fourth-order valence-corrected chi connectivity index (χ4v) is 1.67. The van der Waals surface area contributed by atoms with Crippen molar-refractivity contribution in [3.05, 3.63) is 17.9 Å². The molecule has 0 saturated heterocycles. The van der Waals surface area contributed by atoms with Crippen LogP contribution in [0.3, 0.4) is 0 Å². The van der Waals surface area contributed by atoms with Crippen molar-refractivity contribution in [2.24, 2.45) is 0 Å². The van der Waals surface area contributed by atoms with Crippen molar-refractivity contribution in [2.45, 2.75) is 11.4 Å². The van der Waals surface area contributed by atoms with Gasteiger partial charge in [-0.1, -0.05) is 5.92 Å². The number of fused-ring (bicyclic) bond motifs is 1. The first-order chi connectivity index (χ1) is 9.10. The van der Waals surface area contributed by atoms with Crippen LogP contribution in [0.5, 0.6) is 5.75 Å². The Hall–Kier alpha value is -2.23. The zero-order valence-corrected chi connectivity index (χ0v) is 9.86. The Morgan fingerprint density at radius 1 is 1.45 bits per heavy atom. The highest BCUT2D eigenvalue weighted by Crippen LogP contribution is 2.43. The minimum atomic E-state index is -4.28. The average Bonchev–Trinajstić information content (AvgIpc) is 2.33. The van der Waals surface area contributed by atoms with Crippen LogP contribution in [0.4, 0.5) is 24.5 Å². The van der Waals surface area contributed by atoms with Crippen molar-refractivity contribution in [1.29, 1.82) is 0 Å². The number of nitrogens with zero attached hydrogens (tertiary/aromatic N) is 1. The number of nitrogen functional groups attached to an aromatic ring is 1. The fourth-order valence-electron chi connectivity index (χ4n) is 1.67. The van der Waals surface area contributed by atoms with Gasteiger partial charge in [0.25, 0.3) is 0 Å².